The van der Waals surface area contributed by atoms with E-state index >= 15 is 0 Å². The molecule has 0 aliphatic heterocycles. The molecule has 0 fully saturated rings. The van der Waals surface area contributed by atoms with E-state index in [9.17, 15) is 4.79 Å². The maximum atomic E-state index is 11.9. The maximum Gasteiger partial charge on any atom is 0.271 e. The summed E-state index contributed by atoms with van der Waals surface area (Å²) in [5, 5.41) is 4.00. The summed E-state index contributed by atoms with van der Waals surface area (Å²) >= 11 is 0. The molecular weight excluding hydrogens is 272 g/mol. The number of hydrazone groups is 1. The highest BCUT2D eigenvalue weighted by Gasteiger charge is 2.05. The third kappa shape index (κ3) is 4.85. The molecule has 0 heterocycles. The van der Waals surface area contributed by atoms with Crippen molar-refractivity contribution in [3.63, 3.8) is 0 Å². The second kappa shape index (κ2) is 8.13. The van der Waals surface area contributed by atoms with Gasteiger partial charge in [0.2, 0.25) is 0 Å². The molecule has 2 aromatic carbocycles. The van der Waals surface area contributed by atoms with Crippen LogP contribution in [0.4, 0.5) is 0 Å². The molecule has 22 heavy (non-hydrogen) atoms. The standard InChI is InChI=1S/C19H22N2O/c1-15(2)17-10-12-18(13-11-17)19(22)21-20-14-6-9-16-7-4-3-5-8-16/h3-5,7-8,10-15H,6,9H2,1-2H3,(H,21,22)/b20-14-. The van der Waals surface area contributed by atoms with Gasteiger partial charge < -0.3 is 0 Å². The first-order chi connectivity index (χ1) is 10.7. The van der Waals surface area contributed by atoms with Gasteiger partial charge in [0.25, 0.3) is 5.91 Å². The lowest BCUT2D eigenvalue weighted by Gasteiger charge is -2.05. The molecule has 0 spiro atoms. The highest BCUT2D eigenvalue weighted by molar-refractivity contribution is 5.94. The van der Waals surface area contributed by atoms with Crippen LogP contribution in [0.3, 0.4) is 0 Å². The fraction of sp³-hybridized carbons (Fsp3) is 0.263. The van der Waals surface area contributed by atoms with Gasteiger partial charge in [0.1, 0.15) is 0 Å². The molecule has 1 amide bonds. The Morgan fingerprint density at radius 2 is 1.77 bits per heavy atom. The highest BCUT2D eigenvalue weighted by atomic mass is 16.2. The molecule has 0 aliphatic rings. The summed E-state index contributed by atoms with van der Waals surface area (Å²) in [6.07, 6.45) is 3.47. The van der Waals surface area contributed by atoms with Crippen LogP contribution in [0.15, 0.2) is 59.7 Å². The minimum Gasteiger partial charge on any atom is -0.267 e. The summed E-state index contributed by atoms with van der Waals surface area (Å²) in [7, 11) is 0. The monoisotopic (exact) mass is 294 g/mol. The molecule has 2 rings (SSSR count). The normalized spacial score (nSPS) is 11.0. The average molecular weight is 294 g/mol. The van der Waals surface area contributed by atoms with Gasteiger partial charge in [-0.3, -0.25) is 4.79 Å². The Hall–Kier alpha value is -2.42. The zero-order chi connectivity index (χ0) is 15.8. The largest absolute Gasteiger partial charge is 0.271 e. The molecule has 3 heteroatoms. The maximum absolute atomic E-state index is 11.9. The number of nitrogens with zero attached hydrogens (tertiary/aromatic N) is 1. The molecule has 114 valence electrons. The number of carbonyl (C=O) groups excluding carboxylic acids is 1. The third-order valence-electron chi connectivity index (χ3n) is 3.50. The van der Waals surface area contributed by atoms with E-state index in [1.165, 1.54) is 11.1 Å². The number of hydrogen-bond acceptors (Lipinski definition) is 2. The lowest BCUT2D eigenvalue weighted by atomic mass is 10.0. The Balaban J connectivity index is 1.78. The van der Waals surface area contributed by atoms with Gasteiger partial charge in [-0.2, -0.15) is 5.10 Å². The number of nitrogens with one attached hydrogen (secondary N) is 1. The molecule has 0 saturated heterocycles. The molecule has 0 unspecified atom stereocenters. The molecule has 0 aromatic heterocycles. The first kappa shape index (κ1) is 16.0. The summed E-state index contributed by atoms with van der Waals surface area (Å²) in [5.41, 5.74) is 5.69. The summed E-state index contributed by atoms with van der Waals surface area (Å²) in [6, 6.07) is 17.9. The van der Waals surface area contributed by atoms with Crippen molar-refractivity contribution in [1.29, 1.82) is 0 Å². The summed E-state index contributed by atoms with van der Waals surface area (Å²) in [4.78, 5) is 11.9. The van der Waals surface area contributed by atoms with E-state index in [2.05, 4.69) is 36.5 Å². The molecule has 0 radical (unpaired) electrons. The number of amides is 1. The predicted octanol–water partition coefficient (Wildman–Crippen LogP) is 4.16. The zero-order valence-corrected chi connectivity index (χ0v) is 13.1. The second-order valence-electron chi connectivity index (χ2n) is 5.55. The van der Waals surface area contributed by atoms with Gasteiger partial charge in [-0.1, -0.05) is 56.3 Å². The van der Waals surface area contributed by atoms with Crippen molar-refractivity contribution < 1.29 is 4.79 Å². The molecule has 0 saturated carbocycles. The fourth-order valence-corrected chi connectivity index (χ4v) is 2.13. The van der Waals surface area contributed by atoms with E-state index in [-0.39, 0.29) is 5.91 Å². The van der Waals surface area contributed by atoms with Crippen LogP contribution in [0.5, 0.6) is 0 Å². The van der Waals surface area contributed by atoms with Gasteiger partial charge in [0.05, 0.1) is 0 Å². The quantitative estimate of drug-likeness (QED) is 0.631. The van der Waals surface area contributed by atoms with Crippen LogP contribution in [0.25, 0.3) is 0 Å². The Labute approximate surface area is 132 Å². The van der Waals surface area contributed by atoms with Gasteiger partial charge in [-0.25, -0.2) is 5.43 Å². The van der Waals surface area contributed by atoms with Gasteiger partial charge in [0, 0.05) is 11.8 Å². The van der Waals surface area contributed by atoms with E-state index in [1.807, 2.05) is 42.5 Å². The summed E-state index contributed by atoms with van der Waals surface area (Å²) in [5.74, 6) is 0.291. The van der Waals surface area contributed by atoms with E-state index in [0.717, 1.165) is 12.8 Å². The van der Waals surface area contributed by atoms with Crippen LogP contribution in [0.1, 0.15) is 47.7 Å². The zero-order valence-electron chi connectivity index (χ0n) is 13.1. The van der Waals surface area contributed by atoms with Crippen LogP contribution in [0, 0.1) is 0 Å². The van der Waals surface area contributed by atoms with E-state index in [1.54, 1.807) is 6.21 Å². The Kier molecular flexibility index (Phi) is 5.90. The average Bonchev–Trinajstić information content (AvgIpc) is 2.55. The van der Waals surface area contributed by atoms with Crippen molar-refractivity contribution in [1.82, 2.24) is 5.43 Å². The van der Waals surface area contributed by atoms with Crippen molar-refractivity contribution in [3.8, 4) is 0 Å². The van der Waals surface area contributed by atoms with Gasteiger partial charge >= 0.3 is 0 Å². The van der Waals surface area contributed by atoms with E-state index < -0.39 is 0 Å². The Morgan fingerprint density at radius 3 is 2.41 bits per heavy atom. The van der Waals surface area contributed by atoms with Crippen molar-refractivity contribution in [2.45, 2.75) is 32.6 Å². The fourth-order valence-electron chi connectivity index (χ4n) is 2.13. The minimum atomic E-state index is -0.175. The highest BCUT2D eigenvalue weighted by Crippen LogP contribution is 2.14. The summed E-state index contributed by atoms with van der Waals surface area (Å²) in [6.45, 7) is 4.26. The van der Waals surface area contributed by atoms with Crippen molar-refractivity contribution >= 4 is 12.1 Å². The van der Waals surface area contributed by atoms with Crippen LogP contribution in [0.2, 0.25) is 0 Å². The minimum absolute atomic E-state index is 0.175. The van der Waals surface area contributed by atoms with Crippen LogP contribution < -0.4 is 5.43 Å². The lowest BCUT2D eigenvalue weighted by molar-refractivity contribution is 0.0955. The van der Waals surface area contributed by atoms with Crippen molar-refractivity contribution in [3.05, 3.63) is 71.3 Å². The van der Waals surface area contributed by atoms with E-state index in [0.29, 0.717) is 11.5 Å². The first-order valence-corrected chi connectivity index (χ1v) is 7.62. The Bertz CT molecular complexity index is 616. The molecule has 0 atom stereocenters. The van der Waals surface area contributed by atoms with Gasteiger partial charge in [-0.05, 0) is 42.0 Å². The topological polar surface area (TPSA) is 41.5 Å². The van der Waals surface area contributed by atoms with Crippen LogP contribution >= 0.6 is 0 Å². The third-order valence-corrected chi connectivity index (χ3v) is 3.50. The number of hydrogen-bond donors (Lipinski definition) is 1. The second-order valence-corrected chi connectivity index (χ2v) is 5.55. The van der Waals surface area contributed by atoms with Crippen LogP contribution in [-0.4, -0.2) is 12.1 Å². The Morgan fingerprint density at radius 1 is 1.09 bits per heavy atom. The smallest absolute Gasteiger partial charge is 0.267 e. The molecule has 0 aliphatic carbocycles. The number of carbonyl (C=O) groups is 1. The van der Waals surface area contributed by atoms with Crippen molar-refractivity contribution in [2.24, 2.45) is 5.10 Å². The predicted molar refractivity (Wildman–Crippen MR) is 91.3 cm³/mol. The van der Waals surface area contributed by atoms with Crippen molar-refractivity contribution in [2.75, 3.05) is 0 Å². The van der Waals surface area contributed by atoms with Gasteiger partial charge in [0.15, 0.2) is 0 Å². The summed E-state index contributed by atoms with van der Waals surface area (Å²) < 4.78 is 0. The number of rotatable bonds is 6. The van der Waals surface area contributed by atoms with Crippen LogP contribution in [-0.2, 0) is 6.42 Å². The molecular formula is C19H22N2O. The molecule has 2 aromatic rings. The van der Waals surface area contributed by atoms with Gasteiger partial charge in [-0.15, -0.1) is 0 Å². The number of aryl methyl sites for hydroxylation is 1. The van der Waals surface area contributed by atoms with E-state index in [4.69, 9.17) is 0 Å². The molecule has 0 bridgehead atoms. The first-order valence-electron chi connectivity index (χ1n) is 7.62. The SMILES string of the molecule is CC(C)c1ccc(C(=O)N/N=C\CCc2ccccc2)cc1. The lowest BCUT2D eigenvalue weighted by Crippen LogP contribution is -2.17. The number of benzene rings is 2. The molecule has 3 nitrogen and oxygen atoms in total. The molecule has 1 N–H and O–H groups in total.